The van der Waals surface area contributed by atoms with E-state index in [0.29, 0.717) is 0 Å². The largest absolute Gasteiger partial charge is 0.348 e. The van der Waals surface area contributed by atoms with Gasteiger partial charge in [0.05, 0.1) is 12.1 Å². The first-order chi connectivity index (χ1) is 7.00. The standard InChI is InChI=1S/C12H18N2O/c1-8-5-4-6-11(7-8)10(3)14-12(15)9(2)13/h4-7,9-10H,13H2,1-3H3,(H,14,15)/t9-,10-/m1/s1. The molecule has 1 aromatic rings. The topological polar surface area (TPSA) is 55.1 Å². The third-order valence-electron chi connectivity index (χ3n) is 2.31. The van der Waals surface area contributed by atoms with E-state index in [4.69, 9.17) is 5.73 Å². The predicted molar refractivity (Wildman–Crippen MR) is 61.4 cm³/mol. The summed E-state index contributed by atoms with van der Waals surface area (Å²) >= 11 is 0. The van der Waals surface area contributed by atoms with Crippen molar-refractivity contribution in [2.75, 3.05) is 0 Å². The number of rotatable bonds is 3. The molecule has 0 saturated heterocycles. The lowest BCUT2D eigenvalue weighted by molar-refractivity contribution is -0.122. The van der Waals surface area contributed by atoms with Gasteiger partial charge in [-0.2, -0.15) is 0 Å². The highest BCUT2D eigenvalue weighted by molar-refractivity contribution is 5.81. The van der Waals surface area contributed by atoms with Crippen LogP contribution in [0.15, 0.2) is 24.3 Å². The fraction of sp³-hybridized carbons (Fsp3) is 0.417. The highest BCUT2D eigenvalue weighted by atomic mass is 16.2. The zero-order valence-corrected chi connectivity index (χ0v) is 9.45. The van der Waals surface area contributed by atoms with Gasteiger partial charge < -0.3 is 11.1 Å². The second-order valence-electron chi connectivity index (χ2n) is 3.93. The van der Waals surface area contributed by atoms with Gasteiger partial charge in [-0.25, -0.2) is 0 Å². The molecule has 1 rings (SSSR count). The quantitative estimate of drug-likeness (QED) is 0.787. The zero-order valence-electron chi connectivity index (χ0n) is 9.45. The number of carbonyl (C=O) groups excluding carboxylic acids is 1. The molecule has 0 bridgehead atoms. The lowest BCUT2D eigenvalue weighted by Gasteiger charge is -2.16. The fourth-order valence-electron chi connectivity index (χ4n) is 1.37. The molecule has 3 nitrogen and oxygen atoms in total. The number of hydrogen-bond acceptors (Lipinski definition) is 2. The van der Waals surface area contributed by atoms with Gasteiger partial charge in [0.1, 0.15) is 0 Å². The number of carbonyl (C=O) groups is 1. The number of hydrogen-bond donors (Lipinski definition) is 2. The monoisotopic (exact) mass is 206 g/mol. The number of amides is 1. The molecule has 15 heavy (non-hydrogen) atoms. The molecule has 0 spiro atoms. The minimum atomic E-state index is -0.461. The van der Waals surface area contributed by atoms with E-state index in [9.17, 15) is 4.79 Å². The van der Waals surface area contributed by atoms with Crippen LogP contribution in [-0.2, 0) is 4.79 Å². The summed E-state index contributed by atoms with van der Waals surface area (Å²) < 4.78 is 0. The van der Waals surface area contributed by atoms with Crippen LogP contribution >= 0.6 is 0 Å². The molecular formula is C12H18N2O. The lowest BCUT2D eigenvalue weighted by Crippen LogP contribution is -2.39. The number of aryl methyl sites for hydroxylation is 1. The molecule has 0 unspecified atom stereocenters. The van der Waals surface area contributed by atoms with Crippen LogP contribution in [0.2, 0.25) is 0 Å². The molecule has 1 aromatic carbocycles. The summed E-state index contributed by atoms with van der Waals surface area (Å²) in [6, 6.07) is 7.62. The van der Waals surface area contributed by atoms with Crippen molar-refractivity contribution < 1.29 is 4.79 Å². The zero-order chi connectivity index (χ0) is 11.4. The second-order valence-corrected chi connectivity index (χ2v) is 3.93. The predicted octanol–water partition coefficient (Wildman–Crippen LogP) is 1.52. The van der Waals surface area contributed by atoms with Gasteiger partial charge in [-0.05, 0) is 26.3 Å². The van der Waals surface area contributed by atoms with Crippen molar-refractivity contribution >= 4 is 5.91 Å². The Hall–Kier alpha value is -1.35. The third-order valence-corrected chi connectivity index (χ3v) is 2.31. The molecule has 0 aromatic heterocycles. The minimum absolute atomic E-state index is 0.00315. The highest BCUT2D eigenvalue weighted by Crippen LogP contribution is 2.13. The number of nitrogens with two attached hydrogens (primary N) is 1. The van der Waals surface area contributed by atoms with Gasteiger partial charge in [0, 0.05) is 0 Å². The molecule has 0 aliphatic carbocycles. The Balaban J connectivity index is 2.69. The van der Waals surface area contributed by atoms with Crippen molar-refractivity contribution in [2.45, 2.75) is 32.9 Å². The van der Waals surface area contributed by atoms with Crippen LogP contribution in [0.1, 0.15) is 31.0 Å². The smallest absolute Gasteiger partial charge is 0.237 e. The van der Waals surface area contributed by atoms with Gasteiger partial charge in [0.15, 0.2) is 0 Å². The molecule has 0 aliphatic rings. The van der Waals surface area contributed by atoms with E-state index < -0.39 is 6.04 Å². The van der Waals surface area contributed by atoms with E-state index >= 15 is 0 Å². The van der Waals surface area contributed by atoms with E-state index in [0.717, 1.165) is 5.56 Å². The molecule has 2 atom stereocenters. The summed E-state index contributed by atoms with van der Waals surface area (Å²) in [6.45, 7) is 5.66. The van der Waals surface area contributed by atoms with Crippen molar-refractivity contribution in [3.63, 3.8) is 0 Å². The molecule has 0 aliphatic heterocycles. The maximum absolute atomic E-state index is 11.4. The van der Waals surface area contributed by atoms with Crippen molar-refractivity contribution in [3.05, 3.63) is 35.4 Å². The van der Waals surface area contributed by atoms with Crippen LogP contribution in [0.5, 0.6) is 0 Å². The van der Waals surface area contributed by atoms with Gasteiger partial charge in [-0.3, -0.25) is 4.79 Å². The van der Waals surface area contributed by atoms with E-state index in [2.05, 4.69) is 11.4 Å². The average Bonchev–Trinajstić information content (AvgIpc) is 2.17. The molecule has 3 N–H and O–H groups in total. The molecule has 0 radical (unpaired) electrons. The van der Waals surface area contributed by atoms with Crippen molar-refractivity contribution in [1.82, 2.24) is 5.32 Å². The fourth-order valence-corrected chi connectivity index (χ4v) is 1.37. The first-order valence-electron chi connectivity index (χ1n) is 5.13. The van der Waals surface area contributed by atoms with Crippen LogP contribution in [0.25, 0.3) is 0 Å². The number of nitrogens with one attached hydrogen (secondary N) is 1. The van der Waals surface area contributed by atoms with Gasteiger partial charge in [-0.15, -0.1) is 0 Å². The van der Waals surface area contributed by atoms with Crippen LogP contribution in [0.4, 0.5) is 0 Å². The summed E-state index contributed by atoms with van der Waals surface area (Å²) in [5.74, 6) is -0.121. The first kappa shape index (κ1) is 11.7. The van der Waals surface area contributed by atoms with E-state index in [1.54, 1.807) is 6.92 Å². The molecule has 1 amide bonds. The Morgan fingerprint density at radius 2 is 2.07 bits per heavy atom. The first-order valence-corrected chi connectivity index (χ1v) is 5.13. The summed E-state index contributed by atoms with van der Waals surface area (Å²) in [4.78, 5) is 11.4. The minimum Gasteiger partial charge on any atom is -0.348 e. The Morgan fingerprint density at radius 1 is 1.40 bits per heavy atom. The Morgan fingerprint density at radius 3 is 2.60 bits per heavy atom. The van der Waals surface area contributed by atoms with Gasteiger partial charge in [0.2, 0.25) is 5.91 Å². The molecule has 0 saturated carbocycles. The Labute approximate surface area is 90.7 Å². The van der Waals surface area contributed by atoms with Gasteiger partial charge in [-0.1, -0.05) is 29.8 Å². The average molecular weight is 206 g/mol. The van der Waals surface area contributed by atoms with Gasteiger partial charge in [0.25, 0.3) is 0 Å². The number of benzene rings is 1. The van der Waals surface area contributed by atoms with Crippen molar-refractivity contribution in [1.29, 1.82) is 0 Å². The molecule has 0 fully saturated rings. The maximum Gasteiger partial charge on any atom is 0.237 e. The summed E-state index contributed by atoms with van der Waals surface area (Å²) in [7, 11) is 0. The van der Waals surface area contributed by atoms with Crippen LogP contribution in [0, 0.1) is 6.92 Å². The molecular weight excluding hydrogens is 188 g/mol. The Kier molecular flexibility index (Phi) is 3.86. The molecule has 0 heterocycles. The van der Waals surface area contributed by atoms with Crippen molar-refractivity contribution in [3.8, 4) is 0 Å². The van der Waals surface area contributed by atoms with Crippen LogP contribution in [-0.4, -0.2) is 11.9 Å². The molecule has 3 heteroatoms. The van der Waals surface area contributed by atoms with E-state index in [1.807, 2.05) is 32.0 Å². The second kappa shape index (κ2) is 4.94. The molecule has 82 valence electrons. The maximum atomic E-state index is 11.4. The lowest BCUT2D eigenvalue weighted by atomic mass is 10.1. The van der Waals surface area contributed by atoms with Crippen LogP contribution in [0.3, 0.4) is 0 Å². The van der Waals surface area contributed by atoms with E-state index in [-0.39, 0.29) is 11.9 Å². The van der Waals surface area contributed by atoms with Crippen molar-refractivity contribution in [2.24, 2.45) is 5.73 Å². The third kappa shape index (κ3) is 3.36. The highest BCUT2D eigenvalue weighted by Gasteiger charge is 2.12. The normalized spacial score (nSPS) is 14.4. The van der Waals surface area contributed by atoms with E-state index in [1.165, 1.54) is 5.56 Å². The summed E-state index contributed by atoms with van der Waals surface area (Å²) in [6.07, 6.45) is 0. The SMILES string of the molecule is Cc1cccc([C@@H](C)NC(=O)[C@@H](C)N)c1. The van der Waals surface area contributed by atoms with Gasteiger partial charge >= 0.3 is 0 Å². The Bertz CT molecular complexity index is 347. The summed E-state index contributed by atoms with van der Waals surface area (Å²) in [5, 5.41) is 2.86. The van der Waals surface area contributed by atoms with Crippen LogP contribution < -0.4 is 11.1 Å². The summed E-state index contributed by atoms with van der Waals surface area (Å²) in [5.41, 5.74) is 7.77.